The van der Waals surface area contributed by atoms with Crippen molar-refractivity contribution in [2.45, 2.75) is 6.18 Å². The Balaban J connectivity index is 2.03. The number of esters is 1. The van der Waals surface area contributed by atoms with Crippen molar-refractivity contribution in [3.63, 3.8) is 0 Å². The number of hydrogen-bond acceptors (Lipinski definition) is 5. The minimum absolute atomic E-state index is 0.240. The van der Waals surface area contributed by atoms with E-state index in [4.69, 9.17) is 15.2 Å². The van der Waals surface area contributed by atoms with Crippen LogP contribution in [0.15, 0.2) is 42.5 Å². The molecule has 0 aliphatic rings. The second-order valence-corrected chi connectivity index (χ2v) is 5.03. The number of nitrogen functional groups attached to an aromatic ring is 1. The molecule has 0 aromatic heterocycles. The number of ketones is 1. The van der Waals surface area contributed by atoms with Crippen LogP contribution in [0, 0.1) is 0 Å². The highest BCUT2D eigenvalue weighted by molar-refractivity contribution is 6.00. The number of benzene rings is 2. The van der Waals surface area contributed by atoms with Gasteiger partial charge in [-0.2, -0.15) is 13.2 Å². The van der Waals surface area contributed by atoms with Crippen LogP contribution in [0.3, 0.4) is 0 Å². The van der Waals surface area contributed by atoms with Crippen LogP contribution in [0.2, 0.25) is 0 Å². The van der Waals surface area contributed by atoms with E-state index in [-0.39, 0.29) is 11.3 Å². The summed E-state index contributed by atoms with van der Waals surface area (Å²) in [7, 11) is 1.48. The van der Waals surface area contributed by atoms with Crippen molar-refractivity contribution in [1.82, 2.24) is 0 Å². The number of alkyl halides is 3. The zero-order chi connectivity index (χ0) is 18.6. The van der Waals surface area contributed by atoms with E-state index in [9.17, 15) is 22.8 Å². The first-order valence-corrected chi connectivity index (χ1v) is 7.03. The molecule has 0 saturated carbocycles. The SMILES string of the molecule is COc1ccc(C(=O)COC(=O)c2ccc(C(F)(F)F)cc2N)cc1. The maximum Gasteiger partial charge on any atom is 0.416 e. The smallest absolute Gasteiger partial charge is 0.416 e. The fraction of sp³-hybridized carbons (Fsp3) is 0.176. The van der Waals surface area contributed by atoms with Gasteiger partial charge in [-0.15, -0.1) is 0 Å². The zero-order valence-electron chi connectivity index (χ0n) is 13.1. The first-order chi connectivity index (χ1) is 11.7. The van der Waals surface area contributed by atoms with Gasteiger partial charge in [0, 0.05) is 11.3 Å². The van der Waals surface area contributed by atoms with Crippen LogP contribution in [-0.2, 0) is 10.9 Å². The topological polar surface area (TPSA) is 78.6 Å². The van der Waals surface area contributed by atoms with Crippen LogP contribution >= 0.6 is 0 Å². The number of hydrogen-bond donors (Lipinski definition) is 1. The third-order valence-corrected chi connectivity index (χ3v) is 3.35. The lowest BCUT2D eigenvalue weighted by Crippen LogP contribution is -2.16. The Bertz CT molecular complexity index is 785. The Morgan fingerprint density at radius 1 is 1.08 bits per heavy atom. The summed E-state index contributed by atoms with van der Waals surface area (Å²) in [6, 6.07) is 8.42. The molecule has 132 valence electrons. The molecule has 2 aromatic rings. The number of nitrogens with two attached hydrogens (primary N) is 1. The summed E-state index contributed by atoms with van der Waals surface area (Å²) in [5.74, 6) is -0.888. The van der Waals surface area contributed by atoms with Crippen LogP contribution in [0.1, 0.15) is 26.3 Å². The third kappa shape index (κ3) is 4.50. The fourth-order valence-corrected chi connectivity index (χ4v) is 1.99. The minimum Gasteiger partial charge on any atom is -0.497 e. The number of Topliss-reactive ketones (excluding diaryl/α,β-unsaturated/α-hetero) is 1. The number of carbonyl (C=O) groups excluding carboxylic acids is 2. The highest BCUT2D eigenvalue weighted by Crippen LogP contribution is 2.31. The van der Waals surface area contributed by atoms with E-state index < -0.39 is 30.1 Å². The van der Waals surface area contributed by atoms with Crippen molar-refractivity contribution >= 4 is 17.4 Å². The van der Waals surface area contributed by atoms with E-state index >= 15 is 0 Å². The van der Waals surface area contributed by atoms with Crippen LogP contribution < -0.4 is 10.5 Å². The van der Waals surface area contributed by atoms with Crippen molar-refractivity contribution < 1.29 is 32.2 Å². The standard InChI is InChI=1S/C17H14F3NO4/c1-24-12-5-2-10(3-6-12)15(22)9-25-16(23)13-7-4-11(8-14(13)21)17(18,19)20/h2-8H,9,21H2,1H3. The predicted octanol–water partition coefficient (Wildman–Crippen LogP) is 3.34. The molecule has 0 amide bonds. The molecular formula is C17H14F3NO4. The molecule has 0 spiro atoms. The number of ether oxygens (including phenoxy) is 2. The number of rotatable bonds is 5. The van der Waals surface area contributed by atoms with Crippen molar-refractivity contribution in [1.29, 1.82) is 0 Å². The quantitative estimate of drug-likeness (QED) is 0.507. The average Bonchev–Trinajstić information content (AvgIpc) is 2.58. The number of halogens is 3. The number of carbonyl (C=O) groups is 2. The van der Waals surface area contributed by atoms with Crippen LogP contribution in [0.25, 0.3) is 0 Å². The maximum absolute atomic E-state index is 12.6. The Labute approximate surface area is 141 Å². The van der Waals surface area contributed by atoms with E-state index in [1.165, 1.54) is 19.2 Å². The van der Waals surface area contributed by atoms with Gasteiger partial charge in [-0.1, -0.05) is 0 Å². The van der Waals surface area contributed by atoms with E-state index in [2.05, 4.69) is 0 Å². The molecule has 0 fully saturated rings. The highest BCUT2D eigenvalue weighted by atomic mass is 19.4. The van der Waals surface area contributed by atoms with E-state index in [1.807, 2.05) is 0 Å². The molecule has 25 heavy (non-hydrogen) atoms. The molecule has 2 rings (SSSR count). The van der Waals surface area contributed by atoms with Gasteiger partial charge in [-0.25, -0.2) is 4.79 Å². The monoisotopic (exact) mass is 353 g/mol. The van der Waals surface area contributed by atoms with Gasteiger partial charge in [-0.3, -0.25) is 4.79 Å². The lowest BCUT2D eigenvalue weighted by molar-refractivity contribution is -0.137. The summed E-state index contributed by atoms with van der Waals surface area (Å²) in [5.41, 5.74) is 4.17. The first-order valence-electron chi connectivity index (χ1n) is 7.03. The van der Waals surface area contributed by atoms with Crippen molar-refractivity contribution in [3.05, 3.63) is 59.2 Å². The first kappa shape index (κ1) is 18.3. The lowest BCUT2D eigenvalue weighted by atomic mass is 10.1. The Hall–Kier alpha value is -3.03. The Morgan fingerprint density at radius 2 is 1.72 bits per heavy atom. The van der Waals surface area contributed by atoms with Gasteiger partial charge in [0.15, 0.2) is 12.4 Å². The van der Waals surface area contributed by atoms with E-state index in [0.29, 0.717) is 17.4 Å². The normalized spacial score (nSPS) is 11.0. The summed E-state index contributed by atoms with van der Waals surface area (Å²) >= 11 is 0. The molecule has 5 nitrogen and oxygen atoms in total. The van der Waals surface area contributed by atoms with Crippen molar-refractivity contribution in [3.8, 4) is 5.75 Å². The Morgan fingerprint density at radius 3 is 2.24 bits per heavy atom. The molecule has 0 atom stereocenters. The zero-order valence-corrected chi connectivity index (χ0v) is 13.1. The Kier molecular flexibility index (Phi) is 5.31. The molecular weight excluding hydrogens is 339 g/mol. The van der Waals surface area contributed by atoms with Gasteiger partial charge in [0.05, 0.1) is 18.2 Å². The molecule has 0 radical (unpaired) electrons. The van der Waals surface area contributed by atoms with Crippen LogP contribution in [0.5, 0.6) is 5.75 Å². The van der Waals surface area contributed by atoms with E-state index in [1.54, 1.807) is 12.1 Å². The molecule has 0 unspecified atom stereocenters. The maximum atomic E-state index is 12.6. The van der Waals surface area contributed by atoms with Gasteiger partial charge in [0.2, 0.25) is 0 Å². The molecule has 2 aromatic carbocycles. The van der Waals surface area contributed by atoms with Crippen LogP contribution in [0.4, 0.5) is 18.9 Å². The third-order valence-electron chi connectivity index (χ3n) is 3.35. The van der Waals surface area contributed by atoms with Crippen LogP contribution in [-0.4, -0.2) is 25.5 Å². The minimum atomic E-state index is -4.57. The fourth-order valence-electron chi connectivity index (χ4n) is 1.99. The summed E-state index contributed by atoms with van der Waals surface area (Å²) in [6.45, 7) is -0.564. The van der Waals surface area contributed by atoms with Gasteiger partial charge in [0.1, 0.15) is 5.75 Å². The second kappa shape index (κ2) is 7.25. The number of anilines is 1. The average molecular weight is 353 g/mol. The summed E-state index contributed by atoms with van der Waals surface area (Å²) in [5, 5.41) is 0. The van der Waals surface area contributed by atoms with Gasteiger partial charge < -0.3 is 15.2 Å². The summed E-state index contributed by atoms with van der Waals surface area (Å²) < 4.78 is 47.5. The van der Waals surface area contributed by atoms with Gasteiger partial charge in [-0.05, 0) is 42.5 Å². The molecule has 8 heteroatoms. The largest absolute Gasteiger partial charge is 0.497 e. The van der Waals surface area contributed by atoms with Crippen molar-refractivity contribution in [2.24, 2.45) is 0 Å². The lowest BCUT2D eigenvalue weighted by Gasteiger charge is -2.10. The van der Waals surface area contributed by atoms with Gasteiger partial charge in [0.25, 0.3) is 0 Å². The molecule has 0 heterocycles. The summed E-state index contributed by atoms with van der Waals surface area (Å²) in [6.07, 6.45) is -4.57. The second-order valence-electron chi connectivity index (χ2n) is 5.03. The molecule has 2 N–H and O–H groups in total. The van der Waals surface area contributed by atoms with Gasteiger partial charge >= 0.3 is 12.1 Å². The highest BCUT2D eigenvalue weighted by Gasteiger charge is 2.31. The summed E-state index contributed by atoms with van der Waals surface area (Å²) in [4.78, 5) is 23.9. The molecule has 0 aliphatic carbocycles. The number of methoxy groups -OCH3 is 1. The van der Waals surface area contributed by atoms with Crippen molar-refractivity contribution in [2.75, 3.05) is 19.5 Å². The molecule has 0 aliphatic heterocycles. The predicted molar refractivity (Wildman–Crippen MR) is 83.5 cm³/mol. The molecule has 0 saturated heterocycles. The van der Waals surface area contributed by atoms with E-state index in [0.717, 1.165) is 12.1 Å². The molecule has 0 bridgehead atoms.